The highest BCUT2D eigenvalue weighted by atomic mass is 19.1. The van der Waals surface area contributed by atoms with Crippen LogP contribution in [-0.4, -0.2) is 11.5 Å². The van der Waals surface area contributed by atoms with Gasteiger partial charge in [0.2, 0.25) is 5.82 Å². The van der Waals surface area contributed by atoms with E-state index in [1.54, 1.807) is 19.1 Å². The fraction of sp³-hybridized carbons (Fsp3) is 0.200. The summed E-state index contributed by atoms with van der Waals surface area (Å²) in [5.74, 6) is -0.831. The average Bonchev–Trinajstić information content (AvgIpc) is 2.18. The second-order valence-electron chi connectivity index (χ2n) is 3.06. The molecule has 0 atom stereocenters. The molecule has 1 rings (SSSR count). The fourth-order valence-corrected chi connectivity index (χ4v) is 1.20. The van der Waals surface area contributed by atoms with Gasteiger partial charge < -0.3 is 5.73 Å². The van der Waals surface area contributed by atoms with Gasteiger partial charge in [0.15, 0.2) is 0 Å². The SMILES string of the molecule is Cc1cc([N+](=O)[O-])c(F)cc1C=CCN. The van der Waals surface area contributed by atoms with Gasteiger partial charge in [-0.15, -0.1) is 0 Å². The van der Waals surface area contributed by atoms with Gasteiger partial charge in [-0.1, -0.05) is 12.2 Å². The van der Waals surface area contributed by atoms with Crippen molar-refractivity contribution >= 4 is 11.8 Å². The number of nitro benzene ring substituents is 1. The maximum atomic E-state index is 13.2. The molecule has 0 spiro atoms. The molecule has 0 bridgehead atoms. The number of nitrogens with zero attached hydrogens (tertiary/aromatic N) is 1. The summed E-state index contributed by atoms with van der Waals surface area (Å²) in [6.07, 6.45) is 3.30. The highest BCUT2D eigenvalue weighted by Gasteiger charge is 2.15. The lowest BCUT2D eigenvalue weighted by atomic mass is 10.1. The van der Waals surface area contributed by atoms with Crippen molar-refractivity contribution in [2.45, 2.75) is 6.92 Å². The molecule has 0 fully saturated rings. The van der Waals surface area contributed by atoms with Crippen molar-refractivity contribution in [2.75, 3.05) is 6.54 Å². The molecule has 0 unspecified atom stereocenters. The van der Waals surface area contributed by atoms with Crippen molar-refractivity contribution < 1.29 is 9.31 Å². The number of benzene rings is 1. The van der Waals surface area contributed by atoms with E-state index in [0.717, 1.165) is 6.07 Å². The minimum Gasteiger partial charge on any atom is -0.327 e. The van der Waals surface area contributed by atoms with Gasteiger partial charge in [-0.3, -0.25) is 10.1 Å². The summed E-state index contributed by atoms with van der Waals surface area (Å²) < 4.78 is 13.2. The van der Waals surface area contributed by atoms with Crippen LogP contribution in [0.2, 0.25) is 0 Å². The molecule has 80 valence electrons. The van der Waals surface area contributed by atoms with Crippen LogP contribution in [0.4, 0.5) is 10.1 Å². The Kier molecular flexibility index (Phi) is 3.51. The Balaban J connectivity index is 3.19. The van der Waals surface area contributed by atoms with Crippen LogP contribution in [0.15, 0.2) is 18.2 Å². The Hall–Kier alpha value is -1.75. The summed E-state index contributed by atoms with van der Waals surface area (Å²) in [5.41, 5.74) is 6.00. The van der Waals surface area contributed by atoms with Crippen molar-refractivity contribution in [3.05, 3.63) is 45.3 Å². The molecule has 0 aliphatic carbocycles. The van der Waals surface area contributed by atoms with Gasteiger partial charge in [0.05, 0.1) is 4.92 Å². The van der Waals surface area contributed by atoms with Crippen LogP contribution in [0.5, 0.6) is 0 Å². The first-order chi connectivity index (χ1) is 7.06. The van der Waals surface area contributed by atoms with E-state index in [2.05, 4.69) is 0 Å². The van der Waals surface area contributed by atoms with Crippen molar-refractivity contribution in [3.63, 3.8) is 0 Å². The van der Waals surface area contributed by atoms with E-state index in [0.29, 0.717) is 17.7 Å². The molecule has 0 radical (unpaired) electrons. The van der Waals surface area contributed by atoms with E-state index in [4.69, 9.17) is 5.73 Å². The molecule has 2 N–H and O–H groups in total. The van der Waals surface area contributed by atoms with Crippen LogP contribution in [-0.2, 0) is 0 Å². The van der Waals surface area contributed by atoms with E-state index >= 15 is 0 Å². The third-order valence-corrected chi connectivity index (χ3v) is 1.97. The van der Waals surface area contributed by atoms with Crippen LogP contribution in [0.3, 0.4) is 0 Å². The molecule has 0 saturated heterocycles. The van der Waals surface area contributed by atoms with Crippen molar-refractivity contribution in [2.24, 2.45) is 5.73 Å². The first-order valence-corrected chi connectivity index (χ1v) is 4.37. The Morgan fingerprint density at radius 3 is 2.80 bits per heavy atom. The zero-order valence-corrected chi connectivity index (χ0v) is 8.24. The summed E-state index contributed by atoms with van der Waals surface area (Å²) >= 11 is 0. The van der Waals surface area contributed by atoms with Gasteiger partial charge in [-0.2, -0.15) is 4.39 Å². The topological polar surface area (TPSA) is 69.2 Å². The quantitative estimate of drug-likeness (QED) is 0.612. The molecule has 0 aliphatic heterocycles. The minimum absolute atomic E-state index is 0.345. The predicted molar refractivity (Wildman–Crippen MR) is 55.9 cm³/mol. The molecule has 0 amide bonds. The van der Waals surface area contributed by atoms with E-state index in [1.165, 1.54) is 6.07 Å². The molecular weight excluding hydrogens is 199 g/mol. The molecule has 0 aliphatic rings. The van der Waals surface area contributed by atoms with E-state index in [1.807, 2.05) is 0 Å². The number of hydrogen-bond donors (Lipinski definition) is 1. The average molecular weight is 210 g/mol. The normalized spacial score (nSPS) is 10.9. The van der Waals surface area contributed by atoms with Gasteiger partial charge in [0, 0.05) is 12.6 Å². The Labute approximate surface area is 86.4 Å². The van der Waals surface area contributed by atoms with Crippen LogP contribution in [0, 0.1) is 22.9 Å². The monoisotopic (exact) mass is 210 g/mol. The van der Waals surface area contributed by atoms with Crippen LogP contribution in [0.25, 0.3) is 6.08 Å². The molecule has 0 heterocycles. The third kappa shape index (κ3) is 2.60. The molecular formula is C10H11FN2O2. The number of aryl methyl sites for hydroxylation is 1. The maximum absolute atomic E-state index is 13.2. The van der Waals surface area contributed by atoms with Crippen LogP contribution >= 0.6 is 0 Å². The number of nitrogens with two attached hydrogens (primary N) is 1. The third-order valence-electron chi connectivity index (χ3n) is 1.97. The number of halogens is 1. The van der Waals surface area contributed by atoms with Gasteiger partial charge >= 0.3 is 5.69 Å². The Bertz CT molecular complexity index is 416. The molecule has 1 aromatic carbocycles. The summed E-state index contributed by atoms with van der Waals surface area (Å²) in [4.78, 5) is 9.69. The standard InChI is InChI=1S/C10H11FN2O2/c1-7-5-10(13(14)15)9(11)6-8(7)3-2-4-12/h2-3,5-6H,4,12H2,1H3. The number of hydrogen-bond acceptors (Lipinski definition) is 3. The van der Waals surface area contributed by atoms with Crippen LogP contribution in [0.1, 0.15) is 11.1 Å². The molecule has 15 heavy (non-hydrogen) atoms. The maximum Gasteiger partial charge on any atom is 0.305 e. The predicted octanol–water partition coefficient (Wildman–Crippen LogP) is 2.01. The number of nitro groups is 1. The zero-order chi connectivity index (χ0) is 11.4. The number of rotatable bonds is 3. The highest BCUT2D eigenvalue weighted by molar-refractivity contribution is 5.57. The van der Waals surface area contributed by atoms with Gasteiger partial charge in [0.1, 0.15) is 0 Å². The largest absolute Gasteiger partial charge is 0.327 e. The summed E-state index contributed by atoms with van der Waals surface area (Å²) in [7, 11) is 0. The highest BCUT2D eigenvalue weighted by Crippen LogP contribution is 2.22. The summed E-state index contributed by atoms with van der Waals surface area (Å²) in [6.45, 7) is 2.03. The van der Waals surface area contributed by atoms with Crippen molar-refractivity contribution in [1.82, 2.24) is 0 Å². The van der Waals surface area contributed by atoms with Crippen molar-refractivity contribution in [1.29, 1.82) is 0 Å². The summed E-state index contributed by atoms with van der Waals surface area (Å²) in [5, 5.41) is 10.4. The first-order valence-electron chi connectivity index (χ1n) is 4.37. The first kappa shape index (κ1) is 11.3. The lowest BCUT2D eigenvalue weighted by molar-refractivity contribution is -0.387. The molecule has 0 saturated carbocycles. The smallest absolute Gasteiger partial charge is 0.305 e. The van der Waals surface area contributed by atoms with Gasteiger partial charge in [-0.05, 0) is 24.1 Å². The molecule has 5 heteroatoms. The molecule has 0 aromatic heterocycles. The fourth-order valence-electron chi connectivity index (χ4n) is 1.20. The van der Waals surface area contributed by atoms with E-state index < -0.39 is 16.4 Å². The lowest BCUT2D eigenvalue weighted by Gasteiger charge is -2.01. The van der Waals surface area contributed by atoms with Crippen molar-refractivity contribution in [3.8, 4) is 0 Å². The molecule has 4 nitrogen and oxygen atoms in total. The lowest BCUT2D eigenvalue weighted by Crippen LogP contribution is -1.96. The minimum atomic E-state index is -0.831. The van der Waals surface area contributed by atoms with E-state index in [9.17, 15) is 14.5 Å². The summed E-state index contributed by atoms with van der Waals surface area (Å²) in [6, 6.07) is 2.35. The molecule has 1 aromatic rings. The zero-order valence-electron chi connectivity index (χ0n) is 8.24. The Morgan fingerprint density at radius 1 is 1.60 bits per heavy atom. The Morgan fingerprint density at radius 2 is 2.27 bits per heavy atom. The second kappa shape index (κ2) is 4.65. The van der Waals surface area contributed by atoms with Gasteiger partial charge in [0.25, 0.3) is 0 Å². The van der Waals surface area contributed by atoms with E-state index in [-0.39, 0.29) is 0 Å². The second-order valence-corrected chi connectivity index (χ2v) is 3.06. The van der Waals surface area contributed by atoms with Crippen LogP contribution < -0.4 is 5.73 Å². The van der Waals surface area contributed by atoms with Gasteiger partial charge in [-0.25, -0.2) is 0 Å².